The molecule has 1 amide bonds. The fraction of sp³-hybridized carbons (Fsp3) is 0.421. The van der Waals surface area contributed by atoms with Gasteiger partial charge in [-0.3, -0.25) is 4.79 Å². The van der Waals surface area contributed by atoms with Crippen molar-refractivity contribution in [1.29, 1.82) is 0 Å². The molecule has 0 fully saturated rings. The lowest BCUT2D eigenvalue weighted by Crippen LogP contribution is -2.27. The molecule has 0 aliphatic rings. The SMILES string of the molecule is COc1ncc(-c2ccc(C(=O)NCCC(C)(C)C)cc2)c(OC)n1. The average Bonchev–Trinajstić information content (AvgIpc) is 2.60. The van der Waals surface area contributed by atoms with Gasteiger partial charge in [0, 0.05) is 18.3 Å². The van der Waals surface area contributed by atoms with Crippen molar-refractivity contribution >= 4 is 5.91 Å². The Kier molecular flexibility index (Phi) is 5.96. The van der Waals surface area contributed by atoms with Crippen molar-refractivity contribution in [1.82, 2.24) is 15.3 Å². The van der Waals surface area contributed by atoms with Gasteiger partial charge in [0.2, 0.25) is 5.88 Å². The number of methoxy groups -OCH3 is 2. The maximum Gasteiger partial charge on any atom is 0.319 e. The first-order valence-electron chi connectivity index (χ1n) is 8.18. The first kappa shape index (κ1) is 18.7. The Hall–Kier alpha value is -2.63. The Morgan fingerprint density at radius 1 is 1.12 bits per heavy atom. The van der Waals surface area contributed by atoms with Crippen molar-refractivity contribution in [2.75, 3.05) is 20.8 Å². The standard InChI is InChI=1S/C19H25N3O3/c1-19(2,3)10-11-20-16(23)14-8-6-13(7-9-14)15-12-21-18(25-5)22-17(15)24-4/h6-9,12H,10-11H2,1-5H3,(H,20,23). The van der Waals surface area contributed by atoms with Gasteiger partial charge >= 0.3 is 6.01 Å². The maximum absolute atomic E-state index is 12.2. The molecule has 0 bridgehead atoms. The van der Waals surface area contributed by atoms with Crippen LogP contribution in [0.25, 0.3) is 11.1 Å². The zero-order valence-electron chi connectivity index (χ0n) is 15.4. The van der Waals surface area contributed by atoms with Crippen molar-refractivity contribution in [3.8, 4) is 23.0 Å². The number of aromatic nitrogens is 2. The molecule has 1 N–H and O–H groups in total. The summed E-state index contributed by atoms with van der Waals surface area (Å²) in [6.07, 6.45) is 2.57. The molecule has 1 heterocycles. The summed E-state index contributed by atoms with van der Waals surface area (Å²) in [7, 11) is 3.05. The summed E-state index contributed by atoms with van der Waals surface area (Å²) in [6.45, 7) is 7.11. The number of benzene rings is 1. The summed E-state index contributed by atoms with van der Waals surface area (Å²) in [4.78, 5) is 20.5. The van der Waals surface area contributed by atoms with Crippen LogP contribution in [0.1, 0.15) is 37.6 Å². The summed E-state index contributed by atoms with van der Waals surface area (Å²) in [5.41, 5.74) is 2.42. The maximum atomic E-state index is 12.2. The molecule has 0 atom stereocenters. The molecular formula is C19H25N3O3. The lowest BCUT2D eigenvalue weighted by atomic mass is 9.92. The van der Waals surface area contributed by atoms with Gasteiger partial charge in [0.15, 0.2) is 0 Å². The zero-order chi connectivity index (χ0) is 18.4. The van der Waals surface area contributed by atoms with Gasteiger partial charge in [0.05, 0.1) is 19.8 Å². The van der Waals surface area contributed by atoms with E-state index in [1.807, 2.05) is 12.1 Å². The van der Waals surface area contributed by atoms with Crippen LogP contribution in [-0.2, 0) is 0 Å². The summed E-state index contributed by atoms with van der Waals surface area (Å²) in [5, 5.41) is 2.95. The summed E-state index contributed by atoms with van der Waals surface area (Å²) in [6, 6.07) is 7.52. The van der Waals surface area contributed by atoms with E-state index in [-0.39, 0.29) is 17.3 Å². The van der Waals surface area contributed by atoms with Crippen molar-refractivity contribution in [2.45, 2.75) is 27.2 Å². The molecule has 134 valence electrons. The van der Waals surface area contributed by atoms with E-state index in [4.69, 9.17) is 9.47 Å². The fourth-order valence-electron chi connectivity index (χ4n) is 2.26. The van der Waals surface area contributed by atoms with Gasteiger partial charge in [-0.15, -0.1) is 0 Å². The Morgan fingerprint density at radius 3 is 2.36 bits per heavy atom. The normalized spacial score (nSPS) is 11.1. The zero-order valence-corrected chi connectivity index (χ0v) is 15.4. The highest BCUT2D eigenvalue weighted by atomic mass is 16.5. The summed E-state index contributed by atoms with van der Waals surface area (Å²) in [5.74, 6) is 0.350. The highest BCUT2D eigenvalue weighted by Crippen LogP contribution is 2.28. The number of hydrogen-bond donors (Lipinski definition) is 1. The van der Waals surface area contributed by atoms with Crippen molar-refractivity contribution < 1.29 is 14.3 Å². The molecule has 2 rings (SSSR count). The third kappa shape index (κ3) is 5.17. The third-order valence-corrected chi connectivity index (χ3v) is 3.73. The van der Waals surface area contributed by atoms with E-state index in [0.717, 1.165) is 17.5 Å². The van der Waals surface area contributed by atoms with Crippen LogP contribution in [0.2, 0.25) is 0 Å². The summed E-state index contributed by atoms with van der Waals surface area (Å²) < 4.78 is 10.3. The third-order valence-electron chi connectivity index (χ3n) is 3.73. The summed E-state index contributed by atoms with van der Waals surface area (Å²) >= 11 is 0. The second kappa shape index (κ2) is 7.96. The number of nitrogens with one attached hydrogen (secondary N) is 1. The predicted octanol–water partition coefficient (Wildman–Crippen LogP) is 3.33. The molecule has 6 nitrogen and oxygen atoms in total. The van der Waals surface area contributed by atoms with Crippen LogP contribution in [0.15, 0.2) is 30.5 Å². The fourth-order valence-corrected chi connectivity index (χ4v) is 2.26. The molecule has 1 aromatic heterocycles. The van der Waals surface area contributed by atoms with Gasteiger partial charge in [-0.25, -0.2) is 4.98 Å². The van der Waals surface area contributed by atoms with Gasteiger partial charge < -0.3 is 14.8 Å². The van der Waals surface area contributed by atoms with E-state index in [9.17, 15) is 4.79 Å². The first-order valence-corrected chi connectivity index (χ1v) is 8.18. The highest BCUT2D eigenvalue weighted by molar-refractivity contribution is 5.94. The molecule has 1 aromatic carbocycles. The second-order valence-electron chi connectivity index (χ2n) is 6.92. The average molecular weight is 343 g/mol. The largest absolute Gasteiger partial charge is 0.480 e. The quantitative estimate of drug-likeness (QED) is 0.871. The molecule has 25 heavy (non-hydrogen) atoms. The minimum Gasteiger partial charge on any atom is -0.480 e. The smallest absolute Gasteiger partial charge is 0.319 e. The van der Waals surface area contributed by atoms with E-state index < -0.39 is 0 Å². The molecule has 0 saturated heterocycles. The molecule has 0 saturated carbocycles. The van der Waals surface area contributed by atoms with Gasteiger partial charge in [0.1, 0.15) is 0 Å². The van der Waals surface area contributed by atoms with Crippen LogP contribution in [0.5, 0.6) is 11.9 Å². The molecule has 0 spiro atoms. The van der Waals surface area contributed by atoms with Crippen molar-refractivity contribution in [3.05, 3.63) is 36.0 Å². The number of amides is 1. The highest BCUT2D eigenvalue weighted by Gasteiger charge is 2.13. The number of ether oxygens (including phenoxy) is 2. The molecule has 6 heteroatoms. The predicted molar refractivity (Wildman–Crippen MR) is 97.0 cm³/mol. The number of nitrogens with zero attached hydrogens (tertiary/aromatic N) is 2. The van der Waals surface area contributed by atoms with Gasteiger partial charge in [0.25, 0.3) is 5.91 Å². The van der Waals surface area contributed by atoms with Crippen LogP contribution >= 0.6 is 0 Å². The number of hydrogen-bond acceptors (Lipinski definition) is 5. The lowest BCUT2D eigenvalue weighted by Gasteiger charge is -2.18. The minimum absolute atomic E-state index is 0.0752. The number of carbonyl (C=O) groups excluding carboxylic acids is 1. The molecule has 0 aliphatic carbocycles. The Balaban J connectivity index is 2.11. The first-order chi connectivity index (χ1) is 11.8. The molecule has 0 aliphatic heterocycles. The molecule has 0 unspecified atom stereocenters. The molecule has 0 radical (unpaired) electrons. The van der Waals surface area contributed by atoms with Crippen molar-refractivity contribution in [3.63, 3.8) is 0 Å². The lowest BCUT2D eigenvalue weighted by molar-refractivity contribution is 0.0949. The van der Waals surface area contributed by atoms with E-state index in [1.54, 1.807) is 25.4 Å². The van der Waals surface area contributed by atoms with Crippen molar-refractivity contribution in [2.24, 2.45) is 5.41 Å². The number of carbonyl (C=O) groups is 1. The molecule has 2 aromatic rings. The number of rotatable bonds is 6. The Bertz CT molecular complexity index is 722. The van der Waals surface area contributed by atoms with E-state index in [0.29, 0.717) is 18.0 Å². The van der Waals surface area contributed by atoms with Crippen LogP contribution in [0.4, 0.5) is 0 Å². The topological polar surface area (TPSA) is 73.3 Å². The Labute approximate surface area is 148 Å². The second-order valence-corrected chi connectivity index (χ2v) is 6.92. The molecular weight excluding hydrogens is 318 g/mol. The van der Waals surface area contributed by atoms with Gasteiger partial charge in [-0.2, -0.15) is 4.98 Å². The van der Waals surface area contributed by atoms with Gasteiger partial charge in [-0.05, 0) is 29.5 Å². The monoisotopic (exact) mass is 343 g/mol. The van der Waals surface area contributed by atoms with Gasteiger partial charge in [-0.1, -0.05) is 32.9 Å². The van der Waals surface area contributed by atoms with E-state index >= 15 is 0 Å². The van der Waals surface area contributed by atoms with Crippen LogP contribution in [-0.4, -0.2) is 36.6 Å². The van der Waals surface area contributed by atoms with E-state index in [1.165, 1.54) is 7.11 Å². The van der Waals surface area contributed by atoms with Crippen LogP contribution in [0.3, 0.4) is 0 Å². The Morgan fingerprint density at radius 2 is 1.80 bits per heavy atom. The minimum atomic E-state index is -0.0752. The van der Waals surface area contributed by atoms with Crippen LogP contribution < -0.4 is 14.8 Å². The van der Waals surface area contributed by atoms with Crippen LogP contribution in [0, 0.1) is 5.41 Å². The van der Waals surface area contributed by atoms with E-state index in [2.05, 4.69) is 36.1 Å².